The van der Waals surface area contributed by atoms with Crippen molar-refractivity contribution in [2.24, 2.45) is 0 Å². The molecule has 0 bridgehead atoms. The second-order valence-corrected chi connectivity index (χ2v) is 6.68. The molecule has 19 heavy (non-hydrogen) atoms. The van der Waals surface area contributed by atoms with Crippen LogP contribution in [0.5, 0.6) is 0 Å². The first-order valence-corrected chi connectivity index (χ1v) is 7.88. The molecule has 0 aliphatic carbocycles. The number of benzene rings is 1. The molecule has 1 N–H and O–H groups in total. The van der Waals surface area contributed by atoms with Crippen molar-refractivity contribution in [3.05, 3.63) is 45.2 Å². The van der Waals surface area contributed by atoms with Gasteiger partial charge >= 0.3 is 0 Å². The molecule has 0 unspecified atom stereocenters. The third kappa shape index (κ3) is 3.36. The number of anilines is 1. The molecule has 5 nitrogen and oxygen atoms in total. The first-order chi connectivity index (χ1) is 8.90. The number of halogens is 3. The standard InChI is InChI=1S/C10H6BrCl2N3O2S/c11-7-5-6(1-2-8(7)12)19(17,18)16-10-9(13)14-3-4-15-10/h1-5H,(H,15,16). The monoisotopic (exact) mass is 381 g/mol. The van der Waals surface area contributed by atoms with Crippen LogP contribution in [0.4, 0.5) is 5.82 Å². The van der Waals surface area contributed by atoms with E-state index in [0.717, 1.165) is 0 Å². The lowest BCUT2D eigenvalue weighted by molar-refractivity contribution is 0.601. The summed E-state index contributed by atoms with van der Waals surface area (Å²) in [4.78, 5) is 7.57. The number of sulfonamides is 1. The second-order valence-electron chi connectivity index (χ2n) is 3.38. The average Bonchev–Trinajstić information content (AvgIpc) is 2.35. The molecule has 2 aromatic rings. The fourth-order valence-electron chi connectivity index (χ4n) is 1.22. The van der Waals surface area contributed by atoms with Crippen LogP contribution in [0.3, 0.4) is 0 Å². The van der Waals surface area contributed by atoms with E-state index in [0.29, 0.717) is 9.50 Å². The minimum Gasteiger partial charge on any atom is -0.261 e. The molecule has 0 saturated heterocycles. The lowest BCUT2D eigenvalue weighted by atomic mass is 10.4. The van der Waals surface area contributed by atoms with Crippen molar-refractivity contribution >= 4 is 55.0 Å². The summed E-state index contributed by atoms with van der Waals surface area (Å²) < 4.78 is 27.0. The summed E-state index contributed by atoms with van der Waals surface area (Å²) in [7, 11) is -3.80. The highest BCUT2D eigenvalue weighted by molar-refractivity contribution is 9.10. The summed E-state index contributed by atoms with van der Waals surface area (Å²) in [5.41, 5.74) is 0. The van der Waals surface area contributed by atoms with Gasteiger partial charge in [-0.1, -0.05) is 23.2 Å². The van der Waals surface area contributed by atoms with E-state index in [4.69, 9.17) is 23.2 Å². The van der Waals surface area contributed by atoms with Crippen LogP contribution in [-0.2, 0) is 10.0 Å². The van der Waals surface area contributed by atoms with Crippen molar-refractivity contribution in [3.8, 4) is 0 Å². The maximum Gasteiger partial charge on any atom is 0.263 e. The summed E-state index contributed by atoms with van der Waals surface area (Å²) in [6.45, 7) is 0. The van der Waals surface area contributed by atoms with Crippen LogP contribution >= 0.6 is 39.1 Å². The van der Waals surface area contributed by atoms with Crippen LogP contribution in [0, 0.1) is 0 Å². The molecule has 9 heteroatoms. The summed E-state index contributed by atoms with van der Waals surface area (Å²) in [5, 5.41) is 0.385. The van der Waals surface area contributed by atoms with Gasteiger partial charge in [0.05, 0.1) is 9.92 Å². The minimum atomic E-state index is -3.80. The van der Waals surface area contributed by atoms with Gasteiger partial charge in [0.2, 0.25) is 0 Å². The molecule has 0 atom stereocenters. The van der Waals surface area contributed by atoms with E-state index in [-0.39, 0.29) is 15.9 Å². The molecule has 2 rings (SSSR count). The quantitative estimate of drug-likeness (QED) is 0.883. The van der Waals surface area contributed by atoms with Gasteiger partial charge in [0.15, 0.2) is 11.0 Å². The van der Waals surface area contributed by atoms with Crippen molar-refractivity contribution in [1.82, 2.24) is 9.97 Å². The lowest BCUT2D eigenvalue weighted by Crippen LogP contribution is -2.14. The fourth-order valence-corrected chi connectivity index (χ4v) is 3.12. The van der Waals surface area contributed by atoms with Gasteiger partial charge in [-0.05, 0) is 34.1 Å². The van der Waals surface area contributed by atoms with Crippen LogP contribution in [0.15, 0.2) is 40.0 Å². The maximum atomic E-state index is 12.1. The molecular formula is C10H6BrCl2N3O2S. The molecule has 0 aliphatic rings. The van der Waals surface area contributed by atoms with Gasteiger partial charge in [0, 0.05) is 16.9 Å². The van der Waals surface area contributed by atoms with Gasteiger partial charge in [-0.25, -0.2) is 18.4 Å². The first-order valence-electron chi connectivity index (χ1n) is 4.84. The van der Waals surface area contributed by atoms with Crippen molar-refractivity contribution < 1.29 is 8.42 Å². The normalized spacial score (nSPS) is 11.3. The van der Waals surface area contributed by atoms with Crippen LogP contribution in [0.2, 0.25) is 10.2 Å². The van der Waals surface area contributed by atoms with E-state index in [9.17, 15) is 8.42 Å². The number of hydrogen-bond donors (Lipinski definition) is 1. The predicted octanol–water partition coefficient (Wildman–Crippen LogP) is 3.35. The summed E-state index contributed by atoms with van der Waals surface area (Å²) in [6.07, 6.45) is 2.69. The Morgan fingerprint density at radius 2 is 1.84 bits per heavy atom. The Hall–Kier alpha value is -0.890. The largest absolute Gasteiger partial charge is 0.263 e. The molecule has 0 amide bonds. The van der Waals surface area contributed by atoms with Gasteiger partial charge < -0.3 is 0 Å². The summed E-state index contributed by atoms with van der Waals surface area (Å²) in [5.74, 6) is -0.0322. The second kappa shape index (κ2) is 5.62. The lowest BCUT2D eigenvalue weighted by Gasteiger charge is -2.08. The molecule has 0 aliphatic heterocycles. The van der Waals surface area contributed by atoms with Gasteiger partial charge in [0.1, 0.15) is 0 Å². The molecule has 100 valence electrons. The van der Waals surface area contributed by atoms with Crippen LogP contribution in [-0.4, -0.2) is 18.4 Å². The SMILES string of the molecule is O=S(=O)(Nc1nccnc1Cl)c1ccc(Cl)c(Br)c1. The van der Waals surface area contributed by atoms with Crippen LogP contribution in [0.1, 0.15) is 0 Å². The highest BCUT2D eigenvalue weighted by Gasteiger charge is 2.17. The Balaban J connectivity index is 2.38. The maximum absolute atomic E-state index is 12.1. The van der Waals surface area contributed by atoms with E-state index in [1.165, 1.54) is 30.6 Å². The number of hydrogen-bond acceptors (Lipinski definition) is 4. The fraction of sp³-hybridized carbons (Fsp3) is 0. The van der Waals surface area contributed by atoms with Gasteiger partial charge in [-0.2, -0.15) is 0 Å². The van der Waals surface area contributed by atoms with Crippen molar-refractivity contribution in [3.63, 3.8) is 0 Å². The first kappa shape index (κ1) is 14.5. The molecule has 0 saturated carbocycles. The van der Waals surface area contributed by atoms with E-state index < -0.39 is 10.0 Å². The minimum absolute atomic E-state index is 0.0286. The predicted molar refractivity (Wildman–Crippen MR) is 77.0 cm³/mol. The van der Waals surface area contributed by atoms with Crippen molar-refractivity contribution in [2.75, 3.05) is 4.72 Å². The molecular weight excluding hydrogens is 377 g/mol. The Morgan fingerprint density at radius 1 is 1.16 bits per heavy atom. The number of nitrogens with zero attached hydrogens (tertiary/aromatic N) is 2. The number of rotatable bonds is 3. The third-order valence-electron chi connectivity index (χ3n) is 2.09. The Morgan fingerprint density at radius 3 is 2.47 bits per heavy atom. The van der Waals surface area contributed by atoms with Crippen LogP contribution < -0.4 is 4.72 Å². The Bertz CT molecular complexity index is 724. The zero-order valence-corrected chi connectivity index (χ0v) is 13.1. The molecule has 0 fully saturated rings. The van der Waals surface area contributed by atoms with Crippen molar-refractivity contribution in [1.29, 1.82) is 0 Å². The Kier molecular flexibility index (Phi) is 4.29. The average molecular weight is 383 g/mol. The molecule has 0 radical (unpaired) electrons. The van der Waals surface area contributed by atoms with Crippen LogP contribution in [0.25, 0.3) is 0 Å². The van der Waals surface area contributed by atoms with E-state index >= 15 is 0 Å². The topological polar surface area (TPSA) is 72.0 Å². The molecule has 0 spiro atoms. The molecule has 1 heterocycles. The summed E-state index contributed by atoms with van der Waals surface area (Å²) in [6, 6.07) is 4.23. The smallest absolute Gasteiger partial charge is 0.261 e. The number of aromatic nitrogens is 2. The van der Waals surface area contributed by atoms with E-state index in [1.807, 2.05) is 0 Å². The third-order valence-corrected chi connectivity index (χ3v) is 4.91. The van der Waals surface area contributed by atoms with Gasteiger partial charge in [-0.15, -0.1) is 0 Å². The highest BCUT2D eigenvalue weighted by atomic mass is 79.9. The zero-order valence-electron chi connectivity index (χ0n) is 9.14. The summed E-state index contributed by atoms with van der Waals surface area (Å²) >= 11 is 14.7. The van der Waals surface area contributed by atoms with Gasteiger partial charge in [0.25, 0.3) is 10.0 Å². The number of nitrogens with one attached hydrogen (secondary N) is 1. The molecule has 1 aromatic carbocycles. The molecule has 1 aromatic heterocycles. The Labute approximate surface area is 128 Å². The van der Waals surface area contributed by atoms with E-state index in [1.54, 1.807) is 0 Å². The van der Waals surface area contributed by atoms with Crippen molar-refractivity contribution in [2.45, 2.75) is 4.90 Å². The zero-order chi connectivity index (χ0) is 14.0. The highest BCUT2D eigenvalue weighted by Crippen LogP contribution is 2.26. The van der Waals surface area contributed by atoms with Gasteiger partial charge in [-0.3, -0.25) is 4.72 Å². The van der Waals surface area contributed by atoms with E-state index in [2.05, 4.69) is 30.6 Å².